The first-order chi connectivity index (χ1) is 4.70. The average Bonchev–Trinajstić information content (AvgIpc) is 1.99. The summed E-state index contributed by atoms with van der Waals surface area (Å²) in [6.07, 6.45) is 5.83. The van der Waals surface area contributed by atoms with Crippen LogP contribution in [0.2, 0.25) is 0 Å². The van der Waals surface area contributed by atoms with E-state index in [-0.39, 0.29) is 0 Å². The first-order valence-corrected chi connectivity index (χ1v) is 3.76. The van der Waals surface area contributed by atoms with Crippen LogP contribution in [-0.2, 0) is 0 Å². The molecule has 0 aliphatic heterocycles. The summed E-state index contributed by atoms with van der Waals surface area (Å²) in [4.78, 5) is 0. The second-order valence-electron chi connectivity index (χ2n) is 2.26. The second-order valence-corrected chi connectivity index (χ2v) is 2.53. The van der Waals surface area contributed by atoms with E-state index in [9.17, 15) is 0 Å². The fraction of sp³-hybridized carbons (Fsp3) is 0.333. The van der Waals surface area contributed by atoms with Gasteiger partial charge in [-0.05, 0) is 13.8 Å². The van der Waals surface area contributed by atoms with E-state index >= 15 is 0 Å². The topological polar surface area (TPSA) is 0 Å². The molecule has 0 aromatic rings. The van der Waals surface area contributed by atoms with Gasteiger partial charge < -0.3 is 0 Å². The first-order valence-electron chi connectivity index (χ1n) is 3.23. The van der Waals surface area contributed by atoms with Gasteiger partial charge in [-0.3, -0.25) is 0 Å². The van der Waals surface area contributed by atoms with Crippen LogP contribution in [-0.4, -0.2) is 5.88 Å². The van der Waals surface area contributed by atoms with Crippen LogP contribution < -0.4 is 0 Å². The fourth-order valence-electron chi connectivity index (χ4n) is 0.386. The molecule has 0 atom stereocenters. The van der Waals surface area contributed by atoms with E-state index in [1.807, 2.05) is 32.1 Å². The van der Waals surface area contributed by atoms with Gasteiger partial charge in [-0.25, -0.2) is 0 Å². The fourth-order valence-corrected chi connectivity index (χ4v) is 0.475. The van der Waals surface area contributed by atoms with Crippen molar-refractivity contribution in [1.82, 2.24) is 0 Å². The van der Waals surface area contributed by atoms with Gasteiger partial charge in [-0.15, -0.1) is 11.6 Å². The molecule has 0 aliphatic carbocycles. The minimum atomic E-state index is 0.598. The predicted octanol–water partition coefficient (Wildman–Crippen LogP) is 3.30. The molecule has 0 heterocycles. The Balaban J connectivity index is 4.03. The number of hydrogen-bond acceptors (Lipinski definition) is 0. The first kappa shape index (κ1) is 9.51. The van der Waals surface area contributed by atoms with Crippen LogP contribution in [0.15, 0.2) is 36.0 Å². The lowest BCUT2D eigenvalue weighted by Crippen LogP contribution is -1.74. The highest BCUT2D eigenvalue weighted by molar-refractivity contribution is 6.19. The van der Waals surface area contributed by atoms with E-state index in [1.54, 1.807) is 0 Å². The van der Waals surface area contributed by atoms with Crippen LogP contribution in [0.25, 0.3) is 0 Å². The maximum absolute atomic E-state index is 5.56. The van der Waals surface area contributed by atoms with Crippen molar-refractivity contribution >= 4 is 11.6 Å². The number of allylic oxidation sites excluding steroid dienone is 5. The van der Waals surface area contributed by atoms with Gasteiger partial charge in [0.05, 0.1) is 0 Å². The lowest BCUT2D eigenvalue weighted by Gasteiger charge is -1.89. The lowest BCUT2D eigenvalue weighted by molar-refractivity contribution is 1.39. The molecule has 0 spiro atoms. The number of hydrogen-bond donors (Lipinski definition) is 0. The quantitative estimate of drug-likeness (QED) is 0.435. The molecule has 0 saturated carbocycles. The Labute approximate surface area is 67.9 Å². The summed E-state index contributed by atoms with van der Waals surface area (Å²) in [5, 5.41) is 0. The Hall–Kier alpha value is -0.490. The SMILES string of the molecule is C=C/C(C)=C\C=C(\C)CCl. The third-order valence-electron chi connectivity index (χ3n) is 1.16. The largest absolute Gasteiger partial charge is 0.122 e. The summed E-state index contributed by atoms with van der Waals surface area (Å²) in [6.45, 7) is 7.64. The smallest absolute Gasteiger partial charge is 0.0433 e. The summed E-state index contributed by atoms with van der Waals surface area (Å²) < 4.78 is 0. The van der Waals surface area contributed by atoms with Gasteiger partial charge in [0.25, 0.3) is 0 Å². The molecule has 0 unspecified atom stereocenters. The molecule has 0 fully saturated rings. The number of alkyl halides is 1. The zero-order valence-corrected chi connectivity index (χ0v) is 7.28. The van der Waals surface area contributed by atoms with E-state index in [4.69, 9.17) is 11.6 Å². The predicted molar refractivity (Wildman–Crippen MR) is 48.4 cm³/mol. The summed E-state index contributed by atoms with van der Waals surface area (Å²) in [5.41, 5.74) is 2.33. The molecule has 0 rings (SSSR count). The average molecular weight is 157 g/mol. The molecule has 0 aromatic heterocycles. The molecule has 56 valence electrons. The standard InChI is InChI=1S/C9H13Cl/c1-4-8(2)5-6-9(3)7-10/h4-6H,1,7H2,2-3H3/b8-5-,9-6-. The van der Waals surface area contributed by atoms with Crippen LogP contribution in [0.4, 0.5) is 0 Å². The van der Waals surface area contributed by atoms with Gasteiger partial charge in [0.2, 0.25) is 0 Å². The lowest BCUT2D eigenvalue weighted by atomic mass is 10.2. The molecule has 0 amide bonds. The van der Waals surface area contributed by atoms with Crippen molar-refractivity contribution in [2.75, 3.05) is 5.88 Å². The second kappa shape index (κ2) is 5.31. The van der Waals surface area contributed by atoms with Gasteiger partial charge >= 0.3 is 0 Å². The summed E-state index contributed by atoms with van der Waals surface area (Å²) >= 11 is 5.56. The van der Waals surface area contributed by atoms with E-state index in [1.165, 1.54) is 5.57 Å². The molecular formula is C9H13Cl. The van der Waals surface area contributed by atoms with Gasteiger partial charge in [-0.2, -0.15) is 0 Å². The van der Waals surface area contributed by atoms with E-state index in [0.29, 0.717) is 5.88 Å². The van der Waals surface area contributed by atoms with E-state index < -0.39 is 0 Å². The minimum Gasteiger partial charge on any atom is -0.122 e. The molecule has 0 aliphatic rings. The third kappa shape index (κ3) is 4.39. The van der Waals surface area contributed by atoms with Crippen molar-refractivity contribution in [2.24, 2.45) is 0 Å². The van der Waals surface area contributed by atoms with Crippen molar-refractivity contribution in [1.29, 1.82) is 0 Å². The monoisotopic (exact) mass is 156 g/mol. The van der Waals surface area contributed by atoms with E-state index in [2.05, 4.69) is 6.58 Å². The normalized spacial score (nSPS) is 13.5. The third-order valence-corrected chi connectivity index (χ3v) is 1.59. The zero-order valence-electron chi connectivity index (χ0n) is 6.52. The number of halogens is 1. The van der Waals surface area contributed by atoms with Crippen molar-refractivity contribution < 1.29 is 0 Å². The molecule has 0 N–H and O–H groups in total. The molecule has 0 saturated heterocycles. The van der Waals surface area contributed by atoms with Crippen LogP contribution in [0.1, 0.15) is 13.8 Å². The highest BCUT2D eigenvalue weighted by Crippen LogP contribution is 1.99. The van der Waals surface area contributed by atoms with Crippen LogP contribution >= 0.6 is 11.6 Å². The molecule has 10 heavy (non-hydrogen) atoms. The molecule has 0 nitrogen and oxygen atoms in total. The Morgan fingerprint density at radius 1 is 1.40 bits per heavy atom. The van der Waals surface area contributed by atoms with Crippen LogP contribution in [0.3, 0.4) is 0 Å². The maximum Gasteiger partial charge on any atom is 0.0433 e. The highest BCUT2D eigenvalue weighted by atomic mass is 35.5. The Morgan fingerprint density at radius 3 is 2.40 bits per heavy atom. The highest BCUT2D eigenvalue weighted by Gasteiger charge is 1.81. The van der Waals surface area contributed by atoms with Gasteiger partial charge in [-0.1, -0.05) is 36.0 Å². The van der Waals surface area contributed by atoms with Crippen molar-refractivity contribution in [3.63, 3.8) is 0 Å². The van der Waals surface area contributed by atoms with Crippen LogP contribution in [0, 0.1) is 0 Å². The molecule has 0 aromatic carbocycles. The molecule has 1 heteroatoms. The number of rotatable bonds is 3. The summed E-state index contributed by atoms with van der Waals surface area (Å²) in [7, 11) is 0. The Kier molecular flexibility index (Phi) is 5.05. The van der Waals surface area contributed by atoms with Crippen molar-refractivity contribution in [2.45, 2.75) is 13.8 Å². The van der Waals surface area contributed by atoms with Crippen molar-refractivity contribution in [3.05, 3.63) is 36.0 Å². The molecule has 0 bridgehead atoms. The van der Waals surface area contributed by atoms with Gasteiger partial charge in [0, 0.05) is 5.88 Å². The van der Waals surface area contributed by atoms with Crippen LogP contribution in [0.5, 0.6) is 0 Å². The van der Waals surface area contributed by atoms with Gasteiger partial charge in [0.1, 0.15) is 0 Å². The van der Waals surface area contributed by atoms with Gasteiger partial charge in [0.15, 0.2) is 0 Å². The van der Waals surface area contributed by atoms with E-state index in [0.717, 1.165) is 5.57 Å². The summed E-state index contributed by atoms with van der Waals surface area (Å²) in [6, 6.07) is 0. The Morgan fingerprint density at radius 2 is 2.00 bits per heavy atom. The maximum atomic E-state index is 5.56. The Bertz CT molecular complexity index is 164. The zero-order chi connectivity index (χ0) is 7.98. The minimum absolute atomic E-state index is 0.598. The summed E-state index contributed by atoms with van der Waals surface area (Å²) in [5.74, 6) is 0.598. The molecular weight excluding hydrogens is 144 g/mol. The van der Waals surface area contributed by atoms with Crippen molar-refractivity contribution in [3.8, 4) is 0 Å². The molecule has 0 radical (unpaired) electrons.